The van der Waals surface area contributed by atoms with Crippen molar-refractivity contribution in [2.75, 3.05) is 26.5 Å². The van der Waals surface area contributed by atoms with E-state index in [0.717, 1.165) is 11.3 Å². The highest BCUT2D eigenvalue weighted by Gasteiger charge is 2.32. The lowest BCUT2D eigenvalue weighted by atomic mass is 9.94. The van der Waals surface area contributed by atoms with E-state index in [4.69, 9.17) is 9.47 Å². The summed E-state index contributed by atoms with van der Waals surface area (Å²) >= 11 is 1.47. The molecule has 0 spiro atoms. The first-order chi connectivity index (χ1) is 19.3. The number of pyridine rings is 1. The molecule has 0 saturated heterocycles. The van der Waals surface area contributed by atoms with Crippen molar-refractivity contribution in [2.24, 2.45) is 0 Å². The predicted octanol–water partition coefficient (Wildman–Crippen LogP) is 6.29. The van der Waals surface area contributed by atoms with Crippen LogP contribution in [0.4, 0.5) is 13.2 Å². The van der Waals surface area contributed by atoms with Gasteiger partial charge in [-0.15, -0.1) is 11.8 Å². The minimum atomic E-state index is -0.669. The Labute approximate surface area is 235 Å². The monoisotopic (exact) mass is 566 g/mol. The molecule has 1 aliphatic rings. The molecule has 0 radical (unpaired) electrons. The van der Waals surface area contributed by atoms with Crippen LogP contribution in [-0.2, 0) is 13.0 Å². The van der Waals surface area contributed by atoms with Gasteiger partial charge in [0.1, 0.15) is 17.4 Å². The molecule has 1 aromatic heterocycles. The zero-order valence-electron chi connectivity index (χ0n) is 22.4. The third kappa shape index (κ3) is 5.23. The molecule has 3 aromatic carbocycles. The lowest BCUT2D eigenvalue weighted by Crippen LogP contribution is -2.33. The molecule has 0 fully saturated rings. The van der Waals surface area contributed by atoms with Crippen molar-refractivity contribution < 1.29 is 22.6 Å². The van der Waals surface area contributed by atoms with Gasteiger partial charge in [0.05, 0.1) is 30.9 Å². The number of nitrogens with one attached hydrogen (secondary N) is 1. The second kappa shape index (κ2) is 11.8. The van der Waals surface area contributed by atoms with E-state index < -0.39 is 17.5 Å². The Morgan fingerprint density at radius 1 is 0.975 bits per heavy atom. The first-order valence-corrected chi connectivity index (χ1v) is 13.8. The lowest BCUT2D eigenvalue weighted by molar-refractivity contribution is 0.387. The number of nitrogens with zero attached hydrogens (tertiary/aromatic N) is 1. The molecule has 0 aliphatic carbocycles. The standard InChI is InChI=1S/C31H29F3N2O3S/c1-18-23(14-24-25(32)10-6-11-26(24)33)31-36(30(37)28(18)22-9-5-12-27(39-3)29(22)34)20(17-40-31)16-35-15-19-7-4-8-21(13-19)38-2/h4-13,20,35H,14-17H2,1-3H3. The van der Waals surface area contributed by atoms with E-state index in [-0.39, 0.29) is 40.5 Å². The van der Waals surface area contributed by atoms with Crippen LogP contribution >= 0.6 is 11.8 Å². The smallest absolute Gasteiger partial charge is 0.260 e. The number of fused-ring (bicyclic) bond motifs is 1. The van der Waals surface area contributed by atoms with Gasteiger partial charge in [0.25, 0.3) is 5.56 Å². The summed E-state index contributed by atoms with van der Waals surface area (Å²) in [6, 6.07) is 15.8. The Kier molecular flexibility index (Phi) is 8.23. The topological polar surface area (TPSA) is 52.5 Å². The van der Waals surface area contributed by atoms with Gasteiger partial charge in [0, 0.05) is 36.4 Å². The summed E-state index contributed by atoms with van der Waals surface area (Å²) in [5.41, 5.74) is 1.92. The zero-order chi connectivity index (χ0) is 28.4. The first kappa shape index (κ1) is 27.9. The van der Waals surface area contributed by atoms with Crippen LogP contribution in [0.25, 0.3) is 11.1 Å². The molecule has 9 heteroatoms. The highest BCUT2D eigenvalue weighted by Crippen LogP contribution is 2.40. The Morgan fingerprint density at radius 3 is 2.42 bits per heavy atom. The molecule has 0 bridgehead atoms. The summed E-state index contributed by atoms with van der Waals surface area (Å²) in [7, 11) is 2.97. The van der Waals surface area contributed by atoms with E-state index in [1.165, 1.54) is 49.2 Å². The van der Waals surface area contributed by atoms with E-state index in [1.807, 2.05) is 24.3 Å². The molecule has 1 unspecified atom stereocenters. The van der Waals surface area contributed by atoms with Crippen LogP contribution in [0.5, 0.6) is 11.5 Å². The number of ether oxygens (including phenoxy) is 2. The number of thioether (sulfide) groups is 1. The number of methoxy groups -OCH3 is 2. The fraction of sp³-hybridized carbons (Fsp3) is 0.258. The average molecular weight is 567 g/mol. The molecule has 5 rings (SSSR count). The molecule has 1 aliphatic heterocycles. The van der Waals surface area contributed by atoms with Crippen molar-refractivity contribution in [3.05, 3.63) is 111 Å². The van der Waals surface area contributed by atoms with Crippen LogP contribution < -0.4 is 20.3 Å². The molecule has 1 N–H and O–H groups in total. The summed E-state index contributed by atoms with van der Waals surface area (Å²) in [6.07, 6.45) is -0.0739. The van der Waals surface area contributed by atoms with Gasteiger partial charge >= 0.3 is 0 Å². The molecule has 1 atom stereocenters. The average Bonchev–Trinajstić information content (AvgIpc) is 3.37. The SMILES string of the molecule is COc1cccc(CNCC2CSc3c(Cc4c(F)cccc4F)c(C)c(-c4cccc(OC)c4F)c(=O)n32)c1. The van der Waals surface area contributed by atoms with Crippen LogP contribution in [-0.4, -0.2) is 31.1 Å². The molecule has 4 aromatic rings. The number of aromatic nitrogens is 1. The Hall–Kier alpha value is -3.69. The number of hydrogen-bond acceptors (Lipinski definition) is 5. The summed E-state index contributed by atoms with van der Waals surface area (Å²) < 4.78 is 57.1. The van der Waals surface area contributed by atoms with Gasteiger partial charge in [-0.3, -0.25) is 9.36 Å². The summed E-state index contributed by atoms with van der Waals surface area (Å²) in [6.45, 7) is 2.73. The van der Waals surface area contributed by atoms with Gasteiger partial charge in [0.15, 0.2) is 11.6 Å². The molecule has 0 saturated carbocycles. The van der Waals surface area contributed by atoms with Gasteiger partial charge < -0.3 is 14.8 Å². The van der Waals surface area contributed by atoms with Gasteiger partial charge in [-0.1, -0.05) is 30.3 Å². The maximum Gasteiger partial charge on any atom is 0.260 e. The third-order valence-corrected chi connectivity index (χ3v) is 8.49. The fourth-order valence-corrected chi connectivity index (χ4v) is 6.54. The van der Waals surface area contributed by atoms with Gasteiger partial charge in [-0.2, -0.15) is 0 Å². The van der Waals surface area contributed by atoms with Crippen LogP contribution in [0.2, 0.25) is 0 Å². The summed E-state index contributed by atoms with van der Waals surface area (Å²) in [5, 5.41) is 4.06. The number of halogens is 3. The van der Waals surface area contributed by atoms with Gasteiger partial charge in [-0.05, 0) is 53.9 Å². The Balaban J connectivity index is 1.59. The number of rotatable bonds is 9. The van der Waals surface area contributed by atoms with E-state index in [0.29, 0.717) is 35.0 Å². The highest BCUT2D eigenvalue weighted by atomic mass is 32.2. The van der Waals surface area contributed by atoms with Crippen molar-refractivity contribution in [3.8, 4) is 22.6 Å². The van der Waals surface area contributed by atoms with Crippen molar-refractivity contribution in [1.29, 1.82) is 0 Å². The van der Waals surface area contributed by atoms with E-state index in [9.17, 15) is 13.6 Å². The Bertz CT molecular complexity index is 1600. The lowest BCUT2D eigenvalue weighted by Gasteiger charge is -2.21. The third-order valence-electron chi connectivity index (χ3n) is 7.23. The van der Waals surface area contributed by atoms with Crippen LogP contribution in [0.1, 0.15) is 28.3 Å². The van der Waals surface area contributed by atoms with Crippen LogP contribution in [0, 0.1) is 24.4 Å². The molecule has 208 valence electrons. The van der Waals surface area contributed by atoms with Crippen molar-refractivity contribution >= 4 is 11.8 Å². The number of hydrogen-bond donors (Lipinski definition) is 1. The minimum absolute atomic E-state index is 0.00868. The first-order valence-electron chi connectivity index (χ1n) is 12.8. The van der Waals surface area contributed by atoms with Crippen LogP contribution in [0.15, 0.2) is 70.5 Å². The normalized spacial score (nSPS) is 14.3. The van der Waals surface area contributed by atoms with Crippen molar-refractivity contribution in [1.82, 2.24) is 9.88 Å². The maximum absolute atomic E-state index is 15.5. The molecular weight excluding hydrogens is 537 g/mol. The number of benzene rings is 3. The zero-order valence-corrected chi connectivity index (χ0v) is 23.2. The molecular formula is C31H29F3N2O3S. The molecule has 0 amide bonds. The second-order valence-electron chi connectivity index (χ2n) is 9.60. The highest BCUT2D eigenvalue weighted by molar-refractivity contribution is 7.99. The molecule has 2 heterocycles. The molecule has 40 heavy (non-hydrogen) atoms. The largest absolute Gasteiger partial charge is 0.497 e. The van der Waals surface area contributed by atoms with E-state index >= 15 is 4.39 Å². The predicted molar refractivity (Wildman–Crippen MR) is 151 cm³/mol. The second-order valence-corrected chi connectivity index (χ2v) is 10.6. The van der Waals surface area contributed by atoms with Gasteiger partial charge in [0.2, 0.25) is 0 Å². The quantitative estimate of drug-likeness (QED) is 0.258. The van der Waals surface area contributed by atoms with Gasteiger partial charge in [-0.25, -0.2) is 13.2 Å². The Morgan fingerprint density at radius 2 is 1.70 bits per heavy atom. The fourth-order valence-electron chi connectivity index (χ4n) is 5.15. The minimum Gasteiger partial charge on any atom is -0.497 e. The summed E-state index contributed by atoms with van der Waals surface area (Å²) in [4.78, 5) is 14.0. The van der Waals surface area contributed by atoms with Crippen LogP contribution in [0.3, 0.4) is 0 Å². The molecule has 5 nitrogen and oxygen atoms in total. The maximum atomic E-state index is 15.5. The van der Waals surface area contributed by atoms with Crippen molar-refractivity contribution in [3.63, 3.8) is 0 Å². The van der Waals surface area contributed by atoms with E-state index in [2.05, 4.69) is 5.32 Å². The van der Waals surface area contributed by atoms with E-state index in [1.54, 1.807) is 24.7 Å². The van der Waals surface area contributed by atoms with Crippen molar-refractivity contribution in [2.45, 2.75) is 31.0 Å². The summed E-state index contributed by atoms with van der Waals surface area (Å²) in [5.74, 6) is -0.656.